The first-order valence-corrected chi connectivity index (χ1v) is 8.23. The molecule has 3 heterocycles. The number of ether oxygens (including phenoxy) is 1. The van der Waals surface area contributed by atoms with Crippen LogP contribution in [-0.2, 0) is 23.4 Å². The van der Waals surface area contributed by atoms with Crippen LogP contribution < -0.4 is 0 Å². The summed E-state index contributed by atoms with van der Waals surface area (Å²) in [6.07, 6.45) is 1.15. The van der Waals surface area contributed by atoms with E-state index in [1.807, 2.05) is 6.92 Å². The number of carbonyl (C=O) groups is 1. The number of fused-ring (bicyclic) bond motifs is 2. The second kappa shape index (κ2) is 5.43. The summed E-state index contributed by atoms with van der Waals surface area (Å²) < 4.78 is 6.72. The highest BCUT2D eigenvalue weighted by molar-refractivity contribution is 7.16. The molecule has 2 aliphatic heterocycles. The average molecular weight is 332 g/mol. The molecular weight excluding hydrogens is 314 g/mol. The molecule has 3 rings (SSSR count). The van der Waals surface area contributed by atoms with Gasteiger partial charge in [-0.15, -0.1) is 11.3 Å². The van der Waals surface area contributed by atoms with E-state index in [9.17, 15) is 15.0 Å². The minimum atomic E-state index is -0.881. The summed E-state index contributed by atoms with van der Waals surface area (Å²) in [5.74, 6) is 0. The molecule has 5 nitrogen and oxygen atoms in total. The third-order valence-corrected chi connectivity index (χ3v) is 6.24. The summed E-state index contributed by atoms with van der Waals surface area (Å²) in [5.41, 5.74) is 1.48. The van der Waals surface area contributed by atoms with Crippen LogP contribution in [0.3, 0.4) is 0 Å². The van der Waals surface area contributed by atoms with E-state index in [1.165, 1.54) is 16.2 Å². The number of carboxylic acid groups (broad SMARTS) is 1. The zero-order chi connectivity index (χ0) is 15.2. The van der Waals surface area contributed by atoms with Gasteiger partial charge in [-0.3, -0.25) is 0 Å². The Bertz CT molecular complexity index is 576. The summed E-state index contributed by atoms with van der Waals surface area (Å²) in [6, 6.07) is -0.0966. The van der Waals surface area contributed by atoms with E-state index in [1.54, 1.807) is 0 Å². The van der Waals surface area contributed by atoms with Gasteiger partial charge in [0.1, 0.15) is 5.60 Å². The van der Waals surface area contributed by atoms with E-state index >= 15 is 0 Å². The number of aliphatic hydroxyl groups is 1. The normalized spacial score (nSPS) is 28.7. The summed E-state index contributed by atoms with van der Waals surface area (Å²) in [5, 5.41) is 18.7. The van der Waals surface area contributed by atoms with Gasteiger partial charge >= 0.3 is 6.09 Å². The second-order valence-corrected chi connectivity index (χ2v) is 7.31. The lowest BCUT2D eigenvalue weighted by Gasteiger charge is -2.46. The summed E-state index contributed by atoms with van der Waals surface area (Å²) in [7, 11) is 0. The van der Waals surface area contributed by atoms with Crippen LogP contribution in [0.25, 0.3) is 0 Å². The number of amides is 1. The Hall–Kier alpha value is -0.820. The van der Waals surface area contributed by atoms with Gasteiger partial charge in [0.15, 0.2) is 0 Å². The molecule has 21 heavy (non-hydrogen) atoms. The molecule has 0 radical (unpaired) electrons. The first-order valence-electron chi connectivity index (χ1n) is 7.03. The molecule has 0 saturated carbocycles. The smallest absolute Gasteiger partial charge is 0.407 e. The molecule has 2 atom stereocenters. The number of piperidine rings is 1. The van der Waals surface area contributed by atoms with E-state index < -0.39 is 11.7 Å². The van der Waals surface area contributed by atoms with Crippen molar-refractivity contribution in [1.82, 2.24) is 4.90 Å². The van der Waals surface area contributed by atoms with Crippen LogP contribution in [0.15, 0.2) is 0 Å². The second-order valence-electron chi connectivity index (χ2n) is 5.69. The maximum Gasteiger partial charge on any atom is 0.407 e. The predicted molar refractivity (Wildman–Crippen MR) is 80.0 cm³/mol. The van der Waals surface area contributed by atoms with Gasteiger partial charge in [-0.25, -0.2) is 4.79 Å². The Labute approximate surface area is 132 Å². The molecule has 1 aromatic heterocycles. The molecule has 7 heteroatoms. The van der Waals surface area contributed by atoms with Crippen molar-refractivity contribution in [2.45, 2.75) is 44.4 Å². The van der Waals surface area contributed by atoms with Gasteiger partial charge in [0.05, 0.1) is 17.6 Å². The molecular formula is C14H18ClNO4S. The summed E-state index contributed by atoms with van der Waals surface area (Å²) >= 11 is 7.72. The largest absolute Gasteiger partial charge is 0.465 e. The van der Waals surface area contributed by atoms with Crippen LogP contribution in [0.1, 0.15) is 35.8 Å². The zero-order valence-corrected chi connectivity index (χ0v) is 13.3. The number of rotatable bonds is 1. The molecule has 2 aliphatic rings. The minimum absolute atomic E-state index is 0.0580. The number of hydrogen-bond acceptors (Lipinski definition) is 4. The maximum atomic E-state index is 11.2. The van der Waals surface area contributed by atoms with E-state index in [0.717, 1.165) is 22.4 Å². The average Bonchev–Trinajstić information content (AvgIpc) is 2.76. The third-order valence-electron chi connectivity index (χ3n) is 4.53. The van der Waals surface area contributed by atoms with E-state index in [-0.39, 0.29) is 12.6 Å². The van der Waals surface area contributed by atoms with Crippen LogP contribution in [0, 0.1) is 0 Å². The van der Waals surface area contributed by atoms with Crippen LogP contribution >= 0.6 is 22.9 Å². The highest BCUT2D eigenvalue weighted by Crippen LogP contribution is 2.49. The van der Waals surface area contributed by atoms with Crippen molar-refractivity contribution >= 4 is 29.0 Å². The van der Waals surface area contributed by atoms with Crippen LogP contribution in [0.2, 0.25) is 4.34 Å². The fraction of sp³-hybridized carbons (Fsp3) is 0.643. The first-order chi connectivity index (χ1) is 9.98. The maximum absolute atomic E-state index is 11.2. The molecule has 0 bridgehead atoms. The molecule has 0 unspecified atom stereocenters. The first kappa shape index (κ1) is 15.1. The zero-order valence-electron chi connectivity index (χ0n) is 11.8. The Morgan fingerprint density at radius 1 is 1.62 bits per heavy atom. The third kappa shape index (κ3) is 2.34. The van der Waals surface area contributed by atoms with Gasteiger partial charge in [0.25, 0.3) is 0 Å². The molecule has 1 spiro atoms. The molecule has 1 aromatic rings. The van der Waals surface area contributed by atoms with Crippen molar-refractivity contribution in [2.75, 3.05) is 13.2 Å². The number of aliphatic hydroxyl groups excluding tert-OH is 1. The van der Waals surface area contributed by atoms with Crippen molar-refractivity contribution in [2.24, 2.45) is 0 Å². The lowest BCUT2D eigenvalue weighted by Crippen LogP contribution is -2.51. The molecule has 0 aliphatic carbocycles. The number of thiophene rings is 1. The minimum Gasteiger partial charge on any atom is -0.465 e. The molecule has 1 fully saturated rings. The number of hydrogen-bond donors (Lipinski definition) is 2. The molecule has 1 amide bonds. The van der Waals surface area contributed by atoms with Gasteiger partial charge in [-0.1, -0.05) is 11.6 Å². The fourth-order valence-electron chi connectivity index (χ4n) is 3.50. The standard InChI is InChI=1S/C14H18ClNO4S/c1-8-6-14(3-4-16(8)13(18)19)11-9(2-5-20-14)10(7-17)12(15)21-11/h8,17H,2-7H2,1H3,(H,18,19)/t8-,14+/m0/s1. The Kier molecular flexibility index (Phi) is 3.90. The van der Waals surface area contributed by atoms with Crippen LogP contribution in [-0.4, -0.2) is 40.4 Å². The fourth-order valence-corrected chi connectivity index (χ4v) is 5.18. The van der Waals surface area contributed by atoms with E-state index in [2.05, 4.69) is 0 Å². The molecule has 116 valence electrons. The Balaban J connectivity index is 1.97. The van der Waals surface area contributed by atoms with Crippen molar-refractivity contribution in [1.29, 1.82) is 0 Å². The lowest BCUT2D eigenvalue weighted by atomic mass is 9.81. The van der Waals surface area contributed by atoms with E-state index in [0.29, 0.717) is 30.3 Å². The van der Waals surface area contributed by atoms with Crippen LogP contribution in [0.5, 0.6) is 0 Å². The molecule has 0 aromatic carbocycles. The van der Waals surface area contributed by atoms with Crippen molar-refractivity contribution in [3.63, 3.8) is 0 Å². The highest BCUT2D eigenvalue weighted by Gasteiger charge is 2.46. The van der Waals surface area contributed by atoms with Gasteiger partial charge in [0.2, 0.25) is 0 Å². The van der Waals surface area contributed by atoms with Crippen LogP contribution in [0.4, 0.5) is 4.79 Å². The molecule has 1 saturated heterocycles. The van der Waals surface area contributed by atoms with Gasteiger partial charge < -0.3 is 19.8 Å². The van der Waals surface area contributed by atoms with Crippen molar-refractivity contribution < 1.29 is 19.7 Å². The van der Waals surface area contributed by atoms with E-state index in [4.69, 9.17) is 16.3 Å². The number of halogens is 1. The van der Waals surface area contributed by atoms with Crippen molar-refractivity contribution in [3.05, 3.63) is 20.3 Å². The highest BCUT2D eigenvalue weighted by atomic mass is 35.5. The van der Waals surface area contributed by atoms with Gasteiger partial charge in [0, 0.05) is 29.4 Å². The number of likely N-dealkylation sites (tertiary alicyclic amines) is 1. The quantitative estimate of drug-likeness (QED) is 0.830. The monoisotopic (exact) mass is 331 g/mol. The van der Waals surface area contributed by atoms with Gasteiger partial charge in [-0.05, 0) is 25.3 Å². The topological polar surface area (TPSA) is 70.0 Å². The lowest BCUT2D eigenvalue weighted by molar-refractivity contribution is -0.104. The summed E-state index contributed by atoms with van der Waals surface area (Å²) in [4.78, 5) is 13.8. The predicted octanol–water partition coefficient (Wildman–Crippen LogP) is 2.82. The Morgan fingerprint density at radius 3 is 3.00 bits per heavy atom. The SMILES string of the molecule is C[C@H]1C[C@@]2(CCN1C(=O)O)OCCc1c2sc(Cl)c1CO. The number of nitrogens with zero attached hydrogens (tertiary/aromatic N) is 1. The Morgan fingerprint density at radius 2 is 2.38 bits per heavy atom. The molecule has 2 N–H and O–H groups in total. The van der Waals surface area contributed by atoms with Gasteiger partial charge in [-0.2, -0.15) is 0 Å². The van der Waals surface area contributed by atoms with Crippen molar-refractivity contribution in [3.8, 4) is 0 Å². The summed E-state index contributed by atoms with van der Waals surface area (Å²) in [6.45, 7) is 2.90.